The second-order valence-electron chi connectivity index (χ2n) is 7.37. The zero-order chi connectivity index (χ0) is 23.5. The van der Waals surface area contributed by atoms with Crippen LogP contribution in [0.1, 0.15) is 48.1 Å². The Hall–Kier alpha value is -3.48. The number of alkyl halides is 3. The number of aromatic nitrogens is 5. The first-order chi connectivity index (χ1) is 15.0. The molecule has 1 unspecified atom stereocenters. The van der Waals surface area contributed by atoms with Crippen LogP contribution in [0.25, 0.3) is 5.65 Å². The lowest BCUT2D eigenvalue weighted by Crippen LogP contribution is -2.35. The van der Waals surface area contributed by atoms with E-state index in [4.69, 9.17) is 5.11 Å². The molecule has 0 radical (unpaired) electrons. The molecule has 0 aliphatic heterocycles. The number of amides is 2. The quantitative estimate of drug-likeness (QED) is 0.473. The van der Waals surface area contributed by atoms with Gasteiger partial charge in [0, 0.05) is 18.8 Å². The molecule has 3 rings (SSSR count). The third kappa shape index (κ3) is 5.60. The van der Waals surface area contributed by atoms with Gasteiger partial charge < -0.3 is 15.7 Å². The summed E-state index contributed by atoms with van der Waals surface area (Å²) < 4.78 is 40.0. The maximum atomic E-state index is 12.4. The van der Waals surface area contributed by atoms with Crippen molar-refractivity contribution in [2.24, 2.45) is 0 Å². The molecule has 0 bridgehead atoms. The molecule has 172 valence electrons. The summed E-state index contributed by atoms with van der Waals surface area (Å²) in [4.78, 5) is 28.4. The van der Waals surface area contributed by atoms with E-state index in [2.05, 4.69) is 25.8 Å². The highest BCUT2D eigenvalue weighted by molar-refractivity contribution is 5.92. The van der Waals surface area contributed by atoms with Crippen molar-refractivity contribution in [3.8, 4) is 0 Å². The van der Waals surface area contributed by atoms with Gasteiger partial charge in [0.05, 0.1) is 31.1 Å². The normalized spacial score (nSPS) is 12.8. The van der Waals surface area contributed by atoms with Gasteiger partial charge in [-0.3, -0.25) is 14.3 Å². The number of hydrogen-bond donors (Lipinski definition) is 3. The molecule has 3 aromatic rings. The number of aliphatic hydroxyl groups is 1. The summed E-state index contributed by atoms with van der Waals surface area (Å²) in [7, 11) is 0. The van der Waals surface area contributed by atoms with E-state index < -0.39 is 24.6 Å². The predicted molar refractivity (Wildman–Crippen MR) is 105 cm³/mol. The van der Waals surface area contributed by atoms with Gasteiger partial charge in [0.1, 0.15) is 5.69 Å². The molecule has 10 nitrogen and oxygen atoms in total. The molecule has 32 heavy (non-hydrogen) atoms. The first-order valence-corrected chi connectivity index (χ1v) is 9.71. The van der Waals surface area contributed by atoms with Crippen LogP contribution in [-0.2, 0) is 17.9 Å². The topological polar surface area (TPSA) is 126 Å². The van der Waals surface area contributed by atoms with Gasteiger partial charge in [-0.15, -0.1) is 0 Å². The minimum atomic E-state index is -4.85. The van der Waals surface area contributed by atoms with Crippen LogP contribution in [0, 0.1) is 0 Å². The fourth-order valence-corrected chi connectivity index (χ4v) is 2.88. The number of nitrogens with one attached hydrogen (secondary N) is 2. The zero-order valence-electron chi connectivity index (χ0n) is 17.3. The number of rotatable bonds is 8. The summed E-state index contributed by atoms with van der Waals surface area (Å²) >= 11 is 0. The van der Waals surface area contributed by atoms with Crippen molar-refractivity contribution in [3.05, 3.63) is 47.7 Å². The van der Waals surface area contributed by atoms with E-state index in [-0.39, 0.29) is 25.0 Å². The summed E-state index contributed by atoms with van der Waals surface area (Å²) in [5.41, 5.74) is 1.91. The van der Waals surface area contributed by atoms with Crippen molar-refractivity contribution in [2.75, 3.05) is 0 Å². The smallest absolute Gasteiger partial charge is 0.383 e. The Morgan fingerprint density at radius 1 is 1.19 bits per heavy atom. The lowest BCUT2D eigenvalue weighted by Gasteiger charge is -2.14. The first-order valence-electron chi connectivity index (χ1n) is 9.71. The molecule has 0 aliphatic rings. The molecule has 1 atom stereocenters. The molecular formula is C19H22F3N7O3. The highest BCUT2D eigenvalue weighted by atomic mass is 19.4. The van der Waals surface area contributed by atoms with Crippen molar-refractivity contribution in [2.45, 2.75) is 51.7 Å². The summed E-state index contributed by atoms with van der Waals surface area (Å²) in [5, 5.41) is 22.3. The molecule has 0 aromatic carbocycles. The third-order valence-electron chi connectivity index (χ3n) is 4.50. The Morgan fingerprint density at radius 3 is 2.62 bits per heavy atom. The number of carbonyl (C=O) groups excluding carboxylic acids is 2. The first kappa shape index (κ1) is 23.2. The summed E-state index contributed by atoms with van der Waals surface area (Å²) in [5.74, 6) is -1.24. The molecule has 0 aliphatic carbocycles. The summed E-state index contributed by atoms with van der Waals surface area (Å²) in [6.07, 6.45) is -4.05. The number of halogens is 3. The van der Waals surface area contributed by atoms with Crippen LogP contribution < -0.4 is 10.6 Å². The van der Waals surface area contributed by atoms with E-state index in [0.29, 0.717) is 22.6 Å². The van der Waals surface area contributed by atoms with Crippen LogP contribution in [0.2, 0.25) is 0 Å². The second-order valence-corrected chi connectivity index (χ2v) is 7.37. The number of fused-ring (bicyclic) bond motifs is 1. The van der Waals surface area contributed by atoms with E-state index in [0.717, 1.165) is 0 Å². The molecule has 3 N–H and O–H groups in total. The maximum absolute atomic E-state index is 12.4. The number of hydrogen-bond acceptors (Lipinski definition) is 6. The van der Waals surface area contributed by atoms with Crippen LogP contribution >= 0.6 is 0 Å². The Bertz CT molecular complexity index is 1110. The molecule has 3 heterocycles. The van der Waals surface area contributed by atoms with Gasteiger partial charge in [-0.05, 0) is 31.5 Å². The summed E-state index contributed by atoms with van der Waals surface area (Å²) in [6.45, 7) is 3.89. The Morgan fingerprint density at radius 2 is 1.94 bits per heavy atom. The number of aliphatic hydroxyl groups excluding tert-OH is 1. The van der Waals surface area contributed by atoms with Gasteiger partial charge in [-0.2, -0.15) is 23.4 Å². The highest BCUT2D eigenvalue weighted by Crippen LogP contribution is 2.22. The van der Waals surface area contributed by atoms with Crippen molar-refractivity contribution in [1.82, 2.24) is 35.0 Å². The number of imidazole rings is 1. The van der Waals surface area contributed by atoms with Crippen LogP contribution in [0.4, 0.5) is 13.2 Å². The van der Waals surface area contributed by atoms with E-state index in [1.165, 1.54) is 10.7 Å². The van der Waals surface area contributed by atoms with E-state index >= 15 is 0 Å². The standard InChI is InChI=1S/C19H22F3N7O3/c1-11(2)29-14(3-4-25-29)18(32)24-9-13-10-28-16(27-13)5-12(8-26-28)7-23-17(31)6-15(30)19(20,21)22/h3-5,8,10-11,15,30H,6-7,9H2,1-2H3,(H,23,31)(H,24,32). The molecule has 0 saturated carbocycles. The lowest BCUT2D eigenvalue weighted by molar-refractivity contribution is -0.205. The maximum Gasteiger partial charge on any atom is 0.414 e. The van der Waals surface area contributed by atoms with Gasteiger partial charge in [0.25, 0.3) is 5.91 Å². The average molecular weight is 453 g/mol. The molecule has 0 spiro atoms. The molecule has 13 heteroatoms. The lowest BCUT2D eigenvalue weighted by atomic mass is 10.2. The van der Waals surface area contributed by atoms with Crippen molar-refractivity contribution >= 4 is 17.5 Å². The second kappa shape index (κ2) is 9.34. The van der Waals surface area contributed by atoms with Crippen LogP contribution in [0.15, 0.2) is 30.7 Å². The molecule has 0 saturated heterocycles. The Kier molecular flexibility index (Phi) is 6.77. The van der Waals surface area contributed by atoms with Gasteiger partial charge in [0.15, 0.2) is 11.8 Å². The fourth-order valence-electron chi connectivity index (χ4n) is 2.88. The Labute approximate surface area is 180 Å². The van der Waals surface area contributed by atoms with Gasteiger partial charge >= 0.3 is 6.18 Å². The van der Waals surface area contributed by atoms with Crippen LogP contribution in [-0.4, -0.2) is 53.6 Å². The minimum absolute atomic E-state index is 0.0285. The molecular weight excluding hydrogens is 431 g/mol. The average Bonchev–Trinajstić information content (AvgIpc) is 3.36. The highest BCUT2D eigenvalue weighted by Gasteiger charge is 2.39. The number of carbonyl (C=O) groups is 2. The van der Waals surface area contributed by atoms with Gasteiger partial charge in [0.2, 0.25) is 5.91 Å². The monoisotopic (exact) mass is 453 g/mol. The van der Waals surface area contributed by atoms with Crippen molar-refractivity contribution in [3.63, 3.8) is 0 Å². The summed E-state index contributed by atoms with van der Waals surface area (Å²) in [6, 6.07) is 3.25. The molecule has 3 aromatic heterocycles. The number of nitrogens with zero attached hydrogens (tertiary/aromatic N) is 5. The van der Waals surface area contributed by atoms with Crippen molar-refractivity contribution in [1.29, 1.82) is 0 Å². The SMILES string of the molecule is CC(C)n1nccc1C(=O)NCc1cn2ncc(CNC(=O)CC(O)C(F)(F)F)cc2n1. The molecule has 2 amide bonds. The zero-order valence-corrected chi connectivity index (χ0v) is 17.3. The van der Waals surface area contributed by atoms with E-state index in [1.54, 1.807) is 29.2 Å². The minimum Gasteiger partial charge on any atom is -0.383 e. The van der Waals surface area contributed by atoms with Gasteiger partial charge in [-0.1, -0.05) is 0 Å². The fraction of sp³-hybridized carbons (Fsp3) is 0.421. The van der Waals surface area contributed by atoms with E-state index in [9.17, 15) is 22.8 Å². The Balaban J connectivity index is 1.58. The third-order valence-corrected chi connectivity index (χ3v) is 4.50. The van der Waals surface area contributed by atoms with Crippen LogP contribution in [0.5, 0.6) is 0 Å². The molecule has 0 fully saturated rings. The predicted octanol–water partition coefficient (Wildman–Crippen LogP) is 1.37. The largest absolute Gasteiger partial charge is 0.414 e. The van der Waals surface area contributed by atoms with Gasteiger partial charge in [-0.25, -0.2) is 9.50 Å². The van der Waals surface area contributed by atoms with E-state index in [1.807, 2.05) is 13.8 Å². The van der Waals surface area contributed by atoms with Crippen molar-refractivity contribution < 1.29 is 27.9 Å². The van der Waals surface area contributed by atoms with Crippen LogP contribution in [0.3, 0.4) is 0 Å².